The van der Waals surface area contributed by atoms with Crippen molar-refractivity contribution >= 4 is 23.2 Å². The second kappa shape index (κ2) is 7.23. The lowest BCUT2D eigenvalue weighted by Crippen LogP contribution is -2.12. The first-order chi connectivity index (χ1) is 11.7. The number of anilines is 1. The third kappa shape index (κ3) is 3.44. The molecule has 0 spiro atoms. The van der Waals surface area contributed by atoms with Crippen LogP contribution >= 0.6 is 11.6 Å². The molecule has 1 aromatic heterocycles. The molecule has 0 bridgehead atoms. The molecule has 0 atom stereocenters. The molecule has 5 heteroatoms. The normalized spacial score (nSPS) is 10.4. The lowest BCUT2D eigenvalue weighted by atomic mass is 10.2. The van der Waals surface area contributed by atoms with Gasteiger partial charge in [0, 0.05) is 5.56 Å². The lowest BCUT2D eigenvalue weighted by molar-refractivity contribution is 0.0997. The van der Waals surface area contributed by atoms with Gasteiger partial charge in [-0.25, -0.2) is 0 Å². The Morgan fingerprint density at radius 1 is 1.08 bits per heavy atom. The van der Waals surface area contributed by atoms with Crippen LogP contribution in [0.2, 0.25) is 5.02 Å². The van der Waals surface area contributed by atoms with Crippen molar-refractivity contribution in [3.8, 4) is 17.1 Å². The van der Waals surface area contributed by atoms with E-state index < -0.39 is 0 Å². The van der Waals surface area contributed by atoms with E-state index in [1.165, 1.54) is 0 Å². The molecule has 0 unspecified atom stereocenters. The Morgan fingerprint density at radius 3 is 2.62 bits per heavy atom. The maximum Gasteiger partial charge on any atom is 0.291 e. The summed E-state index contributed by atoms with van der Waals surface area (Å²) < 4.78 is 11.1. The molecule has 0 aliphatic rings. The predicted octanol–water partition coefficient (Wildman–Crippen LogP) is 5.25. The summed E-state index contributed by atoms with van der Waals surface area (Å²) in [6.45, 7) is 2.41. The molecular formula is C19H16ClNO3. The molecule has 0 aliphatic heterocycles. The Balaban J connectivity index is 1.81. The van der Waals surface area contributed by atoms with Gasteiger partial charge in [-0.05, 0) is 43.3 Å². The van der Waals surface area contributed by atoms with Gasteiger partial charge >= 0.3 is 0 Å². The molecular weight excluding hydrogens is 326 g/mol. The summed E-state index contributed by atoms with van der Waals surface area (Å²) in [4.78, 5) is 12.4. The molecule has 122 valence electrons. The van der Waals surface area contributed by atoms with Crippen LogP contribution in [0, 0.1) is 0 Å². The van der Waals surface area contributed by atoms with Crippen molar-refractivity contribution in [1.29, 1.82) is 0 Å². The van der Waals surface area contributed by atoms with Crippen LogP contribution in [-0.2, 0) is 0 Å². The van der Waals surface area contributed by atoms with E-state index in [2.05, 4.69) is 5.32 Å². The minimum atomic E-state index is -0.347. The molecule has 4 nitrogen and oxygen atoms in total. The average Bonchev–Trinajstić information content (AvgIpc) is 3.07. The van der Waals surface area contributed by atoms with Crippen LogP contribution in [0.3, 0.4) is 0 Å². The van der Waals surface area contributed by atoms with E-state index in [1.54, 1.807) is 30.3 Å². The van der Waals surface area contributed by atoms with Crippen molar-refractivity contribution in [1.82, 2.24) is 0 Å². The van der Waals surface area contributed by atoms with Crippen LogP contribution in [0.4, 0.5) is 5.69 Å². The van der Waals surface area contributed by atoms with Crippen molar-refractivity contribution in [3.63, 3.8) is 0 Å². The van der Waals surface area contributed by atoms with Gasteiger partial charge in [-0.2, -0.15) is 0 Å². The first-order valence-electron chi connectivity index (χ1n) is 7.57. The fraction of sp³-hybridized carbons (Fsp3) is 0.105. The number of para-hydroxylation sites is 2. The van der Waals surface area contributed by atoms with Gasteiger partial charge in [0.25, 0.3) is 5.91 Å². The topological polar surface area (TPSA) is 51.5 Å². The van der Waals surface area contributed by atoms with Gasteiger partial charge in [-0.15, -0.1) is 0 Å². The zero-order valence-corrected chi connectivity index (χ0v) is 13.8. The molecule has 0 saturated carbocycles. The Labute approximate surface area is 145 Å². The van der Waals surface area contributed by atoms with Crippen LogP contribution in [0.5, 0.6) is 5.75 Å². The van der Waals surface area contributed by atoms with Crippen LogP contribution in [0.25, 0.3) is 11.3 Å². The first kappa shape index (κ1) is 16.1. The van der Waals surface area contributed by atoms with Crippen molar-refractivity contribution in [2.45, 2.75) is 6.92 Å². The first-order valence-corrected chi connectivity index (χ1v) is 7.94. The molecule has 0 radical (unpaired) electrons. The van der Waals surface area contributed by atoms with Crippen LogP contribution in [-0.4, -0.2) is 12.5 Å². The summed E-state index contributed by atoms with van der Waals surface area (Å²) in [7, 11) is 0. The number of ether oxygens (including phenoxy) is 1. The molecule has 24 heavy (non-hydrogen) atoms. The molecule has 0 aliphatic carbocycles. The van der Waals surface area contributed by atoms with Crippen molar-refractivity contribution in [2.24, 2.45) is 0 Å². The van der Waals surface area contributed by atoms with Gasteiger partial charge < -0.3 is 14.5 Å². The second-order valence-corrected chi connectivity index (χ2v) is 5.43. The largest absolute Gasteiger partial charge is 0.492 e. The second-order valence-electron chi connectivity index (χ2n) is 5.03. The molecule has 1 heterocycles. The Bertz CT molecular complexity index is 857. The summed E-state index contributed by atoms with van der Waals surface area (Å²) >= 11 is 6.16. The van der Waals surface area contributed by atoms with E-state index in [-0.39, 0.29) is 11.7 Å². The summed E-state index contributed by atoms with van der Waals surface area (Å²) in [5.74, 6) is 1.02. The highest BCUT2D eigenvalue weighted by Gasteiger charge is 2.15. The highest BCUT2D eigenvalue weighted by atomic mass is 35.5. The number of furan rings is 1. The van der Waals surface area contributed by atoms with Crippen LogP contribution < -0.4 is 10.1 Å². The average molecular weight is 342 g/mol. The van der Waals surface area contributed by atoms with Gasteiger partial charge in [0.05, 0.1) is 17.3 Å². The number of hydrogen-bond acceptors (Lipinski definition) is 3. The van der Waals surface area contributed by atoms with Crippen LogP contribution in [0.1, 0.15) is 17.5 Å². The summed E-state index contributed by atoms with van der Waals surface area (Å²) in [5.41, 5.74) is 1.34. The Hall–Kier alpha value is -2.72. The molecule has 0 fully saturated rings. The lowest BCUT2D eigenvalue weighted by Gasteiger charge is -2.10. The van der Waals surface area contributed by atoms with Crippen molar-refractivity contribution < 1.29 is 13.9 Å². The minimum Gasteiger partial charge on any atom is -0.492 e. The van der Waals surface area contributed by atoms with Gasteiger partial charge in [0.1, 0.15) is 11.5 Å². The van der Waals surface area contributed by atoms with E-state index in [1.807, 2.05) is 37.3 Å². The number of halogens is 1. The summed E-state index contributed by atoms with van der Waals surface area (Å²) in [6.07, 6.45) is 0. The smallest absolute Gasteiger partial charge is 0.291 e. The zero-order chi connectivity index (χ0) is 16.9. The fourth-order valence-electron chi connectivity index (χ4n) is 2.30. The number of carbonyl (C=O) groups excluding carboxylic acids is 1. The van der Waals surface area contributed by atoms with E-state index >= 15 is 0 Å². The van der Waals surface area contributed by atoms with Gasteiger partial charge in [-0.1, -0.05) is 35.9 Å². The number of hydrogen-bond donors (Lipinski definition) is 1. The number of nitrogens with one attached hydrogen (secondary N) is 1. The fourth-order valence-corrected chi connectivity index (χ4v) is 2.53. The maximum absolute atomic E-state index is 12.4. The molecule has 1 amide bonds. The number of rotatable bonds is 5. The monoisotopic (exact) mass is 341 g/mol. The predicted molar refractivity (Wildman–Crippen MR) is 94.7 cm³/mol. The van der Waals surface area contributed by atoms with E-state index in [9.17, 15) is 4.79 Å². The number of benzene rings is 2. The van der Waals surface area contributed by atoms with Gasteiger partial charge in [0.15, 0.2) is 5.76 Å². The maximum atomic E-state index is 12.4. The number of carbonyl (C=O) groups is 1. The minimum absolute atomic E-state index is 0.205. The van der Waals surface area contributed by atoms with Crippen molar-refractivity contribution in [2.75, 3.05) is 11.9 Å². The molecule has 0 saturated heterocycles. The SMILES string of the molecule is CCOc1ccccc1NC(=O)c1ccc(-c2ccccc2Cl)o1. The Kier molecular flexibility index (Phi) is 4.87. The molecule has 1 N–H and O–H groups in total. The van der Waals surface area contributed by atoms with E-state index in [0.29, 0.717) is 28.8 Å². The summed E-state index contributed by atoms with van der Waals surface area (Å²) in [5, 5.41) is 3.37. The molecule has 3 rings (SSSR count). The van der Waals surface area contributed by atoms with E-state index in [0.717, 1.165) is 5.56 Å². The standard InChI is InChI=1S/C19H16ClNO3/c1-2-23-17-10-6-5-9-15(17)21-19(22)18-12-11-16(24-18)13-7-3-4-8-14(13)20/h3-12H,2H2,1H3,(H,21,22). The van der Waals surface area contributed by atoms with Gasteiger partial charge in [0.2, 0.25) is 0 Å². The number of amides is 1. The zero-order valence-electron chi connectivity index (χ0n) is 13.1. The van der Waals surface area contributed by atoms with Crippen molar-refractivity contribution in [3.05, 3.63) is 71.4 Å². The van der Waals surface area contributed by atoms with E-state index in [4.69, 9.17) is 20.8 Å². The van der Waals surface area contributed by atoms with Gasteiger partial charge in [-0.3, -0.25) is 4.79 Å². The third-order valence-electron chi connectivity index (χ3n) is 3.40. The summed E-state index contributed by atoms with van der Waals surface area (Å²) in [6, 6.07) is 17.9. The molecule has 2 aromatic carbocycles. The van der Waals surface area contributed by atoms with Crippen LogP contribution in [0.15, 0.2) is 65.1 Å². The Morgan fingerprint density at radius 2 is 1.83 bits per heavy atom. The highest BCUT2D eigenvalue weighted by Crippen LogP contribution is 2.30. The molecule has 3 aromatic rings. The third-order valence-corrected chi connectivity index (χ3v) is 3.73. The highest BCUT2D eigenvalue weighted by molar-refractivity contribution is 6.33. The quantitative estimate of drug-likeness (QED) is 0.689.